The van der Waals surface area contributed by atoms with Crippen molar-refractivity contribution in [1.29, 1.82) is 0 Å². The number of rotatable bonds is 4. The molecule has 0 radical (unpaired) electrons. The number of amides is 1. The van der Waals surface area contributed by atoms with Gasteiger partial charge in [-0.25, -0.2) is 0 Å². The minimum Gasteiger partial charge on any atom is -0.341 e. The largest absolute Gasteiger partial charge is 0.341 e. The van der Waals surface area contributed by atoms with Crippen molar-refractivity contribution in [3.05, 3.63) is 33.8 Å². The van der Waals surface area contributed by atoms with Crippen LogP contribution in [-0.2, 0) is 11.3 Å². The average Bonchev–Trinajstić information content (AvgIpc) is 2.84. The maximum Gasteiger partial charge on any atom is 0.226 e. The van der Waals surface area contributed by atoms with Crippen LogP contribution in [0.4, 0.5) is 0 Å². The molecule has 2 rings (SSSR count). The molecular formula is C15H20Cl2N2O. The van der Waals surface area contributed by atoms with Crippen LogP contribution < -0.4 is 5.73 Å². The van der Waals surface area contributed by atoms with Gasteiger partial charge >= 0.3 is 0 Å². The number of nitrogens with zero attached hydrogens (tertiary/aromatic N) is 1. The maximum absolute atomic E-state index is 12.5. The number of nitrogens with two attached hydrogens (primary N) is 1. The molecule has 3 nitrogen and oxygen atoms in total. The quantitative estimate of drug-likeness (QED) is 0.926. The molecule has 2 atom stereocenters. The zero-order valence-electron chi connectivity index (χ0n) is 11.6. The van der Waals surface area contributed by atoms with Gasteiger partial charge in [0, 0.05) is 29.6 Å². The van der Waals surface area contributed by atoms with E-state index in [0.29, 0.717) is 29.1 Å². The SMILES string of the molecule is CN(Cc1cc(Cl)cc(Cl)c1)C(=O)C1CCCC1CN. The van der Waals surface area contributed by atoms with E-state index in [-0.39, 0.29) is 11.8 Å². The van der Waals surface area contributed by atoms with Crippen molar-refractivity contribution in [2.45, 2.75) is 25.8 Å². The van der Waals surface area contributed by atoms with Crippen molar-refractivity contribution >= 4 is 29.1 Å². The molecule has 0 saturated heterocycles. The van der Waals surface area contributed by atoms with E-state index in [1.54, 1.807) is 11.0 Å². The van der Waals surface area contributed by atoms with E-state index in [4.69, 9.17) is 28.9 Å². The van der Waals surface area contributed by atoms with Crippen molar-refractivity contribution in [2.75, 3.05) is 13.6 Å². The van der Waals surface area contributed by atoms with Crippen LogP contribution in [0.25, 0.3) is 0 Å². The van der Waals surface area contributed by atoms with Crippen molar-refractivity contribution in [2.24, 2.45) is 17.6 Å². The molecule has 1 aliphatic rings. The van der Waals surface area contributed by atoms with Gasteiger partial charge in [-0.2, -0.15) is 0 Å². The highest BCUT2D eigenvalue weighted by molar-refractivity contribution is 6.34. The number of hydrogen-bond acceptors (Lipinski definition) is 2. The van der Waals surface area contributed by atoms with Crippen LogP contribution in [0.1, 0.15) is 24.8 Å². The molecule has 5 heteroatoms. The fourth-order valence-electron chi connectivity index (χ4n) is 2.98. The molecule has 1 aromatic carbocycles. The summed E-state index contributed by atoms with van der Waals surface area (Å²) in [4.78, 5) is 14.2. The zero-order valence-corrected chi connectivity index (χ0v) is 13.1. The highest BCUT2D eigenvalue weighted by atomic mass is 35.5. The first-order valence-corrected chi connectivity index (χ1v) is 7.67. The molecule has 110 valence electrons. The van der Waals surface area contributed by atoms with Gasteiger partial charge in [0.05, 0.1) is 0 Å². The van der Waals surface area contributed by atoms with Crippen LogP contribution in [0.5, 0.6) is 0 Å². The third kappa shape index (κ3) is 3.66. The second-order valence-corrected chi connectivity index (χ2v) is 6.38. The molecule has 1 saturated carbocycles. The van der Waals surface area contributed by atoms with Crippen LogP contribution in [0.3, 0.4) is 0 Å². The van der Waals surface area contributed by atoms with E-state index in [1.165, 1.54) is 0 Å². The fraction of sp³-hybridized carbons (Fsp3) is 0.533. The van der Waals surface area contributed by atoms with E-state index in [0.717, 1.165) is 24.8 Å². The standard InChI is InChI=1S/C15H20Cl2N2O/c1-19(9-10-5-12(16)7-13(17)6-10)15(20)14-4-2-3-11(14)8-18/h5-7,11,14H,2-4,8-9,18H2,1H3. The Bertz CT molecular complexity index is 473. The lowest BCUT2D eigenvalue weighted by Crippen LogP contribution is -2.36. The Labute approximate surface area is 130 Å². The molecule has 0 spiro atoms. The minimum absolute atomic E-state index is 0.0691. The van der Waals surface area contributed by atoms with Gasteiger partial charge in [0.25, 0.3) is 0 Å². The van der Waals surface area contributed by atoms with E-state index in [9.17, 15) is 4.79 Å². The molecule has 1 aliphatic carbocycles. The second-order valence-electron chi connectivity index (χ2n) is 5.51. The highest BCUT2D eigenvalue weighted by Gasteiger charge is 2.33. The van der Waals surface area contributed by atoms with E-state index in [1.807, 2.05) is 19.2 Å². The Morgan fingerprint density at radius 1 is 1.30 bits per heavy atom. The van der Waals surface area contributed by atoms with E-state index in [2.05, 4.69) is 0 Å². The zero-order chi connectivity index (χ0) is 14.7. The first-order valence-electron chi connectivity index (χ1n) is 6.91. The van der Waals surface area contributed by atoms with Gasteiger partial charge < -0.3 is 10.6 Å². The van der Waals surface area contributed by atoms with Crippen LogP contribution >= 0.6 is 23.2 Å². The lowest BCUT2D eigenvalue weighted by atomic mass is 9.95. The summed E-state index contributed by atoms with van der Waals surface area (Å²) in [5, 5.41) is 1.18. The molecule has 0 aliphatic heterocycles. The highest BCUT2D eigenvalue weighted by Crippen LogP contribution is 2.32. The maximum atomic E-state index is 12.5. The number of carbonyl (C=O) groups is 1. The molecular weight excluding hydrogens is 295 g/mol. The van der Waals surface area contributed by atoms with Crippen molar-refractivity contribution < 1.29 is 4.79 Å². The normalized spacial score (nSPS) is 22.0. The second kappa shape index (κ2) is 6.79. The first kappa shape index (κ1) is 15.6. The molecule has 0 aromatic heterocycles. The summed E-state index contributed by atoms with van der Waals surface area (Å²) in [5.74, 6) is 0.571. The fourth-order valence-corrected chi connectivity index (χ4v) is 3.55. The number of carbonyl (C=O) groups excluding carboxylic acids is 1. The summed E-state index contributed by atoms with van der Waals surface area (Å²) in [6.07, 6.45) is 3.10. The lowest BCUT2D eigenvalue weighted by Gasteiger charge is -2.24. The Morgan fingerprint density at radius 2 is 1.95 bits per heavy atom. The summed E-state index contributed by atoms with van der Waals surface area (Å²) >= 11 is 12.0. The Kier molecular flexibility index (Phi) is 5.30. The molecule has 1 aromatic rings. The first-order chi connectivity index (χ1) is 9.51. The van der Waals surface area contributed by atoms with Gasteiger partial charge in [-0.3, -0.25) is 4.79 Å². The molecule has 0 bridgehead atoms. The van der Waals surface area contributed by atoms with Gasteiger partial charge in [0.2, 0.25) is 5.91 Å². The molecule has 1 fully saturated rings. The summed E-state index contributed by atoms with van der Waals surface area (Å²) in [7, 11) is 1.82. The number of halogens is 2. The summed E-state index contributed by atoms with van der Waals surface area (Å²) < 4.78 is 0. The number of hydrogen-bond donors (Lipinski definition) is 1. The van der Waals surface area contributed by atoms with Gasteiger partial charge in [-0.15, -0.1) is 0 Å². The van der Waals surface area contributed by atoms with Crippen LogP contribution in [-0.4, -0.2) is 24.4 Å². The van der Waals surface area contributed by atoms with E-state index < -0.39 is 0 Å². The topological polar surface area (TPSA) is 46.3 Å². The van der Waals surface area contributed by atoms with Gasteiger partial charge in [-0.1, -0.05) is 29.6 Å². The van der Waals surface area contributed by atoms with Crippen molar-refractivity contribution in [3.8, 4) is 0 Å². The number of benzene rings is 1. The molecule has 2 unspecified atom stereocenters. The van der Waals surface area contributed by atoms with Gasteiger partial charge in [0.1, 0.15) is 0 Å². The van der Waals surface area contributed by atoms with Gasteiger partial charge in [0.15, 0.2) is 0 Å². The van der Waals surface area contributed by atoms with E-state index >= 15 is 0 Å². The molecule has 1 amide bonds. The smallest absolute Gasteiger partial charge is 0.226 e. The third-order valence-electron chi connectivity index (χ3n) is 4.00. The Balaban J connectivity index is 2.03. The monoisotopic (exact) mass is 314 g/mol. The van der Waals surface area contributed by atoms with Crippen LogP contribution in [0.2, 0.25) is 10.0 Å². The molecule has 20 heavy (non-hydrogen) atoms. The minimum atomic E-state index is 0.0691. The molecule has 0 heterocycles. The van der Waals surface area contributed by atoms with Crippen LogP contribution in [0, 0.1) is 11.8 Å². The van der Waals surface area contributed by atoms with Crippen molar-refractivity contribution in [3.63, 3.8) is 0 Å². The molecule has 2 N–H and O–H groups in total. The van der Waals surface area contributed by atoms with Crippen molar-refractivity contribution in [1.82, 2.24) is 4.90 Å². The predicted molar refractivity (Wildman–Crippen MR) is 82.8 cm³/mol. The predicted octanol–water partition coefficient (Wildman–Crippen LogP) is 3.33. The Hall–Kier alpha value is -0.770. The summed E-state index contributed by atoms with van der Waals surface area (Å²) in [5.41, 5.74) is 6.69. The Morgan fingerprint density at radius 3 is 2.55 bits per heavy atom. The average molecular weight is 315 g/mol. The summed E-state index contributed by atoms with van der Waals surface area (Å²) in [6, 6.07) is 5.37. The van der Waals surface area contributed by atoms with Gasteiger partial charge in [-0.05, 0) is 49.1 Å². The van der Waals surface area contributed by atoms with Crippen LogP contribution in [0.15, 0.2) is 18.2 Å². The third-order valence-corrected chi connectivity index (χ3v) is 4.43. The summed E-state index contributed by atoms with van der Waals surface area (Å²) in [6.45, 7) is 1.11. The lowest BCUT2D eigenvalue weighted by molar-refractivity contribution is -0.135.